The van der Waals surface area contributed by atoms with E-state index in [1.165, 1.54) is 94.7 Å². The highest BCUT2D eigenvalue weighted by atomic mass is 32.1. The predicted octanol–water partition coefficient (Wildman–Crippen LogP) is 8.63. The first-order chi connectivity index (χ1) is 17.7. The number of para-hydroxylation sites is 1. The number of nitrogens with one attached hydrogen (secondary N) is 2. The second-order valence-electron chi connectivity index (χ2n) is 9.31. The Hall–Kier alpha value is -2.81. The molecule has 0 spiro atoms. The molecule has 2 heterocycles. The molecule has 0 saturated carbocycles. The second-order valence-corrected chi connectivity index (χ2v) is 10.3. The van der Waals surface area contributed by atoms with Gasteiger partial charge in [-0.15, -0.1) is 0 Å². The zero-order valence-corrected chi connectivity index (χ0v) is 22.3. The number of nitro groups is 1. The minimum atomic E-state index is -0.441. The summed E-state index contributed by atoms with van der Waals surface area (Å²) in [5.41, 5.74) is 0.694. The Kier molecular flexibility index (Phi) is 12.4. The Bertz CT molecular complexity index is 1020. The van der Waals surface area contributed by atoms with Crippen molar-refractivity contribution >= 4 is 44.0 Å². The van der Waals surface area contributed by atoms with Crippen molar-refractivity contribution in [1.82, 2.24) is 15.0 Å². The van der Waals surface area contributed by atoms with E-state index in [4.69, 9.17) is 0 Å². The average molecular weight is 513 g/mol. The molecule has 0 bridgehead atoms. The summed E-state index contributed by atoms with van der Waals surface area (Å²) < 4.78 is 1.01. The number of hydrogen-bond donors (Lipinski definition) is 2. The van der Waals surface area contributed by atoms with Gasteiger partial charge in [0, 0.05) is 6.54 Å². The molecule has 3 rings (SSSR count). The molecule has 2 N–H and O–H groups in total. The molecule has 0 atom stereocenters. The van der Waals surface area contributed by atoms with Crippen LogP contribution in [0, 0.1) is 10.1 Å². The van der Waals surface area contributed by atoms with E-state index in [1.807, 2.05) is 24.3 Å². The monoisotopic (exact) mass is 512 g/mol. The second kappa shape index (κ2) is 16.0. The van der Waals surface area contributed by atoms with E-state index < -0.39 is 4.92 Å². The Morgan fingerprint density at radius 1 is 0.833 bits per heavy atom. The zero-order valence-electron chi connectivity index (χ0n) is 21.5. The summed E-state index contributed by atoms with van der Waals surface area (Å²) >= 11 is 1.43. The van der Waals surface area contributed by atoms with Gasteiger partial charge in [-0.1, -0.05) is 114 Å². The third-order valence-corrected chi connectivity index (χ3v) is 7.30. The lowest BCUT2D eigenvalue weighted by molar-refractivity contribution is -0.383. The molecule has 0 aliphatic heterocycles. The lowest BCUT2D eigenvalue weighted by atomic mass is 10.0. The van der Waals surface area contributed by atoms with Crippen LogP contribution in [0.4, 0.5) is 22.5 Å². The fraction of sp³-hybridized carbons (Fsp3) is 0.593. The molecular formula is C27H40N6O2S. The topological polar surface area (TPSA) is 106 Å². The molecule has 0 unspecified atom stereocenters. The maximum absolute atomic E-state index is 11.8. The summed E-state index contributed by atoms with van der Waals surface area (Å²) in [4.78, 5) is 24.1. The third kappa shape index (κ3) is 9.33. The van der Waals surface area contributed by atoms with Crippen molar-refractivity contribution in [3.05, 3.63) is 40.7 Å². The van der Waals surface area contributed by atoms with Crippen LogP contribution in [0.15, 0.2) is 30.6 Å². The Morgan fingerprint density at radius 3 is 2.03 bits per heavy atom. The van der Waals surface area contributed by atoms with Crippen LogP contribution in [-0.4, -0.2) is 26.4 Å². The average Bonchev–Trinajstić information content (AvgIpc) is 3.28. The molecule has 0 amide bonds. The Morgan fingerprint density at radius 2 is 1.42 bits per heavy atom. The molecule has 8 nitrogen and oxygen atoms in total. The van der Waals surface area contributed by atoms with Gasteiger partial charge in [0.05, 0.1) is 15.1 Å². The summed E-state index contributed by atoms with van der Waals surface area (Å²) in [5.74, 6) is 0.394. The number of unbranched alkanes of at least 4 members (excludes halogenated alkanes) is 13. The van der Waals surface area contributed by atoms with Gasteiger partial charge in [-0.05, 0) is 18.6 Å². The number of nitrogens with zero attached hydrogens (tertiary/aromatic N) is 4. The number of thiazole rings is 1. The van der Waals surface area contributed by atoms with Crippen molar-refractivity contribution < 1.29 is 4.92 Å². The Labute approximate surface area is 218 Å². The van der Waals surface area contributed by atoms with E-state index in [2.05, 4.69) is 32.5 Å². The van der Waals surface area contributed by atoms with Gasteiger partial charge in [-0.25, -0.2) is 15.0 Å². The molecule has 0 aliphatic rings. The summed E-state index contributed by atoms with van der Waals surface area (Å²) in [6.45, 7) is 2.91. The summed E-state index contributed by atoms with van der Waals surface area (Å²) in [5, 5.41) is 18.5. The van der Waals surface area contributed by atoms with Gasteiger partial charge in [0.1, 0.15) is 6.33 Å². The smallest absolute Gasteiger partial charge is 0.353 e. The van der Waals surface area contributed by atoms with E-state index in [0.717, 1.165) is 23.1 Å². The molecule has 36 heavy (non-hydrogen) atoms. The summed E-state index contributed by atoms with van der Waals surface area (Å²) in [6, 6.07) is 7.74. The highest BCUT2D eigenvalue weighted by Gasteiger charge is 2.23. The first-order valence-electron chi connectivity index (χ1n) is 13.5. The van der Waals surface area contributed by atoms with Crippen molar-refractivity contribution in [2.75, 3.05) is 17.2 Å². The van der Waals surface area contributed by atoms with Crippen LogP contribution in [0.25, 0.3) is 10.2 Å². The van der Waals surface area contributed by atoms with Crippen molar-refractivity contribution in [1.29, 1.82) is 0 Å². The van der Waals surface area contributed by atoms with E-state index in [-0.39, 0.29) is 17.3 Å². The molecule has 2 aromatic heterocycles. The van der Waals surface area contributed by atoms with Gasteiger partial charge < -0.3 is 10.6 Å². The molecular weight excluding hydrogens is 472 g/mol. The van der Waals surface area contributed by atoms with Crippen molar-refractivity contribution in [2.24, 2.45) is 0 Å². The van der Waals surface area contributed by atoms with Crippen molar-refractivity contribution in [3.8, 4) is 0 Å². The molecule has 3 aromatic rings. The molecule has 0 saturated heterocycles. The Balaban J connectivity index is 1.33. The van der Waals surface area contributed by atoms with Crippen LogP contribution in [0.1, 0.15) is 96.8 Å². The molecule has 0 fully saturated rings. The first-order valence-corrected chi connectivity index (χ1v) is 14.4. The quantitative estimate of drug-likeness (QED) is 0.0940. The summed E-state index contributed by atoms with van der Waals surface area (Å²) in [6.07, 6.45) is 19.6. The zero-order chi connectivity index (χ0) is 25.4. The number of rotatable bonds is 19. The fourth-order valence-electron chi connectivity index (χ4n) is 4.33. The van der Waals surface area contributed by atoms with Crippen LogP contribution >= 0.6 is 11.3 Å². The number of aromatic nitrogens is 3. The van der Waals surface area contributed by atoms with E-state index in [9.17, 15) is 10.1 Å². The van der Waals surface area contributed by atoms with Crippen LogP contribution in [0.3, 0.4) is 0 Å². The van der Waals surface area contributed by atoms with Crippen LogP contribution < -0.4 is 10.6 Å². The number of fused-ring (bicyclic) bond motifs is 1. The number of benzene rings is 1. The molecule has 1 aromatic carbocycles. The maximum atomic E-state index is 11.8. The van der Waals surface area contributed by atoms with Crippen LogP contribution in [-0.2, 0) is 0 Å². The van der Waals surface area contributed by atoms with Crippen molar-refractivity contribution in [3.63, 3.8) is 0 Å². The number of anilines is 3. The predicted molar refractivity (Wildman–Crippen MR) is 150 cm³/mol. The first kappa shape index (κ1) is 27.8. The van der Waals surface area contributed by atoms with Crippen LogP contribution in [0.2, 0.25) is 0 Å². The van der Waals surface area contributed by atoms with Gasteiger partial charge in [-0.3, -0.25) is 10.1 Å². The third-order valence-electron chi connectivity index (χ3n) is 6.35. The van der Waals surface area contributed by atoms with E-state index >= 15 is 0 Å². The minimum Gasteiger partial charge on any atom is -0.364 e. The largest absolute Gasteiger partial charge is 0.364 e. The lowest BCUT2D eigenvalue weighted by Gasteiger charge is -2.09. The summed E-state index contributed by atoms with van der Waals surface area (Å²) in [7, 11) is 0. The fourth-order valence-corrected chi connectivity index (χ4v) is 5.19. The van der Waals surface area contributed by atoms with Crippen LogP contribution in [0.5, 0.6) is 0 Å². The highest BCUT2D eigenvalue weighted by Crippen LogP contribution is 2.34. The lowest BCUT2D eigenvalue weighted by Crippen LogP contribution is -2.09. The maximum Gasteiger partial charge on any atom is 0.353 e. The SMILES string of the molecule is CCCCCCCCCCCCCCCCNc1ncnc(Nc2nc3ccccc3s2)c1[N+](=O)[O-]. The molecule has 0 radical (unpaired) electrons. The van der Waals surface area contributed by atoms with Gasteiger partial charge in [0.15, 0.2) is 5.13 Å². The van der Waals surface area contributed by atoms with E-state index in [1.54, 1.807) is 0 Å². The molecule has 9 heteroatoms. The van der Waals surface area contributed by atoms with Gasteiger partial charge in [0.25, 0.3) is 0 Å². The van der Waals surface area contributed by atoms with Gasteiger partial charge in [0.2, 0.25) is 11.6 Å². The minimum absolute atomic E-state index is 0.150. The highest BCUT2D eigenvalue weighted by molar-refractivity contribution is 7.22. The van der Waals surface area contributed by atoms with E-state index in [0.29, 0.717) is 11.7 Å². The molecule has 0 aliphatic carbocycles. The standard InChI is InChI=1S/C27H40N6O2S/c1-2-3-4-5-6-7-8-9-10-11-12-13-14-17-20-28-25-24(33(34)35)26(30-21-29-25)32-27-31-22-18-15-16-19-23(22)36-27/h15-16,18-19,21H,2-14,17,20H2,1H3,(H2,28,29,30,31,32). The molecule has 196 valence electrons. The number of hydrogen-bond acceptors (Lipinski definition) is 8. The van der Waals surface area contributed by atoms with Gasteiger partial charge >= 0.3 is 5.69 Å². The van der Waals surface area contributed by atoms with Gasteiger partial charge in [-0.2, -0.15) is 0 Å². The normalized spacial score (nSPS) is 11.1. The van der Waals surface area contributed by atoms with Crippen molar-refractivity contribution in [2.45, 2.75) is 96.8 Å².